The molecule has 102 valence electrons. The first-order valence-electron chi connectivity index (χ1n) is 5.72. The van der Waals surface area contributed by atoms with Crippen molar-refractivity contribution in [3.8, 4) is 6.07 Å². The Morgan fingerprint density at radius 1 is 1.28 bits per heavy atom. The first-order chi connectivity index (χ1) is 8.58. The maximum atomic E-state index is 12.1. The predicted octanol–water partition coefficient (Wildman–Crippen LogP) is -1.86. The van der Waals surface area contributed by atoms with Crippen molar-refractivity contribution in [3.05, 3.63) is 0 Å². The minimum Gasteiger partial charge on any atom is -0.394 e. The molecular weight excluding hydrogens is 240 g/mol. The summed E-state index contributed by atoms with van der Waals surface area (Å²) in [6.45, 7) is -1.20. The van der Waals surface area contributed by atoms with Gasteiger partial charge in [-0.2, -0.15) is 5.26 Å². The summed E-state index contributed by atoms with van der Waals surface area (Å²) in [6.07, 6.45) is 0.515. The van der Waals surface area contributed by atoms with E-state index in [0.717, 1.165) is 0 Å². The molecule has 0 aromatic rings. The molecule has 1 heterocycles. The van der Waals surface area contributed by atoms with Gasteiger partial charge in [-0.3, -0.25) is 4.79 Å². The van der Waals surface area contributed by atoms with Gasteiger partial charge >= 0.3 is 0 Å². The third-order valence-corrected chi connectivity index (χ3v) is 3.28. The average molecular weight is 258 g/mol. The fourth-order valence-electron chi connectivity index (χ4n) is 1.74. The van der Waals surface area contributed by atoms with Crippen LogP contribution in [0.5, 0.6) is 0 Å². The number of nitriles is 1. The molecule has 0 radical (unpaired) electrons. The molecule has 0 aromatic carbocycles. The van der Waals surface area contributed by atoms with Gasteiger partial charge in [0, 0.05) is 13.2 Å². The highest BCUT2D eigenvalue weighted by Crippen LogP contribution is 2.30. The second-order valence-electron chi connectivity index (χ2n) is 4.52. The lowest BCUT2D eigenvalue weighted by Crippen LogP contribution is -2.60. The summed E-state index contributed by atoms with van der Waals surface area (Å²) in [5.41, 5.74) is -2.72. The van der Waals surface area contributed by atoms with Gasteiger partial charge in [0.2, 0.25) is 5.91 Å². The van der Waals surface area contributed by atoms with Gasteiger partial charge in [-0.1, -0.05) is 0 Å². The number of hydrogen-bond donors (Lipinski definition) is 4. The van der Waals surface area contributed by atoms with Crippen molar-refractivity contribution in [2.75, 3.05) is 33.0 Å². The molecule has 1 aliphatic heterocycles. The highest BCUT2D eigenvalue weighted by Gasteiger charge is 2.43. The molecular formula is C11H18N2O5. The van der Waals surface area contributed by atoms with Crippen LogP contribution in [-0.2, 0) is 9.53 Å². The molecule has 0 saturated carbocycles. The zero-order valence-electron chi connectivity index (χ0n) is 10.1. The van der Waals surface area contributed by atoms with Gasteiger partial charge in [-0.15, -0.1) is 0 Å². The van der Waals surface area contributed by atoms with Crippen molar-refractivity contribution in [1.29, 1.82) is 5.26 Å². The summed E-state index contributed by atoms with van der Waals surface area (Å²) in [6, 6.07) is 1.98. The highest BCUT2D eigenvalue weighted by molar-refractivity contribution is 5.86. The summed E-state index contributed by atoms with van der Waals surface area (Å²) in [7, 11) is 0. The largest absolute Gasteiger partial charge is 0.394 e. The molecule has 0 unspecified atom stereocenters. The minimum atomic E-state index is -1.50. The highest BCUT2D eigenvalue weighted by atomic mass is 16.5. The van der Waals surface area contributed by atoms with Gasteiger partial charge < -0.3 is 25.4 Å². The van der Waals surface area contributed by atoms with Crippen LogP contribution in [0.15, 0.2) is 0 Å². The van der Waals surface area contributed by atoms with E-state index in [1.54, 1.807) is 0 Å². The van der Waals surface area contributed by atoms with Gasteiger partial charge in [-0.25, -0.2) is 0 Å². The lowest BCUT2D eigenvalue weighted by Gasteiger charge is -2.35. The topological polar surface area (TPSA) is 123 Å². The Kier molecular flexibility index (Phi) is 5.04. The van der Waals surface area contributed by atoms with Gasteiger partial charge in [0.25, 0.3) is 0 Å². The van der Waals surface area contributed by atoms with Crippen LogP contribution >= 0.6 is 0 Å². The first kappa shape index (κ1) is 14.9. The van der Waals surface area contributed by atoms with E-state index in [9.17, 15) is 10.1 Å². The fraction of sp³-hybridized carbons (Fsp3) is 0.818. The zero-order chi connectivity index (χ0) is 13.6. The Morgan fingerprint density at radius 3 is 2.17 bits per heavy atom. The van der Waals surface area contributed by atoms with E-state index in [4.69, 9.17) is 20.1 Å². The maximum Gasteiger partial charge on any atom is 0.241 e. The van der Waals surface area contributed by atoms with Crippen LogP contribution in [0, 0.1) is 16.7 Å². The van der Waals surface area contributed by atoms with Crippen LogP contribution < -0.4 is 5.32 Å². The van der Waals surface area contributed by atoms with E-state index in [1.165, 1.54) is 0 Å². The number of carbonyl (C=O) groups excluding carboxylic acids is 1. The zero-order valence-corrected chi connectivity index (χ0v) is 10.1. The molecule has 0 bridgehead atoms. The van der Waals surface area contributed by atoms with E-state index in [0.29, 0.717) is 13.2 Å². The Balaban J connectivity index is 2.82. The van der Waals surface area contributed by atoms with Crippen molar-refractivity contribution in [2.24, 2.45) is 5.41 Å². The summed E-state index contributed by atoms with van der Waals surface area (Å²) in [5, 5.41) is 39.0. The normalized spacial score (nSPS) is 19.0. The number of aliphatic hydroxyl groups excluding tert-OH is 3. The lowest BCUT2D eigenvalue weighted by molar-refractivity contribution is -0.136. The predicted molar refractivity (Wildman–Crippen MR) is 60.2 cm³/mol. The fourth-order valence-corrected chi connectivity index (χ4v) is 1.74. The summed E-state index contributed by atoms with van der Waals surface area (Å²) < 4.78 is 5.11. The summed E-state index contributed by atoms with van der Waals surface area (Å²) in [4.78, 5) is 12.1. The van der Waals surface area contributed by atoms with E-state index in [-0.39, 0.29) is 12.8 Å². The molecule has 1 amide bonds. The van der Waals surface area contributed by atoms with Gasteiger partial charge in [0.1, 0.15) is 11.0 Å². The van der Waals surface area contributed by atoms with E-state index in [1.807, 2.05) is 6.07 Å². The number of rotatable bonds is 5. The van der Waals surface area contributed by atoms with Crippen LogP contribution in [0.3, 0.4) is 0 Å². The number of hydrogen-bond acceptors (Lipinski definition) is 6. The summed E-state index contributed by atoms with van der Waals surface area (Å²) in [5.74, 6) is -0.592. The molecule has 4 N–H and O–H groups in total. The molecule has 0 aromatic heterocycles. The van der Waals surface area contributed by atoms with E-state index in [2.05, 4.69) is 5.32 Å². The van der Waals surface area contributed by atoms with E-state index < -0.39 is 36.7 Å². The minimum absolute atomic E-state index is 0.258. The van der Waals surface area contributed by atoms with E-state index >= 15 is 0 Å². The molecule has 1 saturated heterocycles. The van der Waals surface area contributed by atoms with Crippen molar-refractivity contribution < 1.29 is 24.9 Å². The van der Waals surface area contributed by atoms with Crippen LogP contribution in [-0.4, -0.2) is 59.8 Å². The number of ether oxygens (including phenoxy) is 1. The smallest absolute Gasteiger partial charge is 0.241 e. The average Bonchev–Trinajstić information content (AvgIpc) is 2.45. The SMILES string of the molecule is N#CC1(C(=O)NC(CO)(CO)CO)CCOCC1. The monoisotopic (exact) mass is 258 g/mol. The maximum absolute atomic E-state index is 12.1. The Hall–Kier alpha value is -1.20. The molecule has 0 spiro atoms. The summed E-state index contributed by atoms with van der Waals surface area (Å²) >= 11 is 0. The van der Waals surface area contributed by atoms with Gasteiger partial charge in [0.15, 0.2) is 0 Å². The lowest BCUT2D eigenvalue weighted by atomic mass is 9.80. The molecule has 7 nitrogen and oxygen atoms in total. The molecule has 18 heavy (non-hydrogen) atoms. The Labute approximate surface area is 105 Å². The number of nitrogens with zero attached hydrogens (tertiary/aromatic N) is 1. The molecule has 1 rings (SSSR count). The first-order valence-corrected chi connectivity index (χ1v) is 5.72. The molecule has 0 aliphatic carbocycles. The molecule has 7 heteroatoms. The molecule has 1 fully saturated rings. The van der Waals surface area contributed by atoms with Crippen LogP contribution in [0.25, 0.3) is 0 Å². The van der Waals surface area contributed by atoms with Crippen molar-refractivity contribution in [3.63, 3.8) is 0 Å². The molecule has 1 aliphatic rings. The van der Waals surface area contributed by atoms with Crippen molar-refractivity contribution >= 4 is 5.91 Å². The van der Waals surface area contributed by atoms with Gasteiger partial charge in [0.05, 0.1) is 25.9 Å². The second kappa shape index (κ2) is 6.11. The van der Waals surface area contributed by atoms with Crippen LogP contribution in [0.1, 0.15) is 12.8 Å². The third kappa shape index (κ3) is 2.79. The number of nitrogens with one attached hydrogen (secondary N) is 1. The van der Waals surface area contributed by atoms with Crippen LogP contribution in [0.4, 0.5) is 0 Å². The molecule has 0 atom stereocenters. The number of amides is 1. The number of carbonyl (C=O) groups is 1. The quantitative estimate of drug-likeness (QED) is 0.458. The van der Waals surface area contributed by atoms with Crippen LogP contribution in [0.2, 0.25) is 0 Å². The van der Waals surface area contributed by atoms with Crippen molar-refractivity contribution in [2.45, 2.75) is 18.4 Å². The Morgan fingerprint density at radius 2 is 1.78 bits per heavy atom. The van der Waals surface area contributed by atoms with Crippen molar-refractivity contribution in [1.82, 2.24) is 5.32 Å². The standard InChI is InChI=1S/C11H18N2O5/c12-5-10(1-3-18-4-2-10)9(17)13-11(6-14,7-15)8-16/h14-16H,1-4,6-8H2,(H,13,17). The second-order valence-corrected chi connectivity index (χ2v) is 4.52. The Bertz CT molecular complexity index is 321. The third-order valence-electron chi connectivity index (χ3n) is 3.28. The number of aliphatic hydroxyl groups is 3. The van der Waals surface area contributed by atoms with Gasteiger partial charge in [-0.05, 0) is 12.8 Å².